The molecule has 0 aromatic carbocycles. The monoisotopic (exact) mass is 273 g/mol. The van der Waals surface area contributed by atoms with Crippen LogP contribution in [0.15, 0.2) is 0 Å². The molecular formula is C7H16NO8P. The van der Waals surface area contributed by atoms with E-state index in [1.807, 2.05) is 0 Å². The fourth-order valence-corrected chi connectivity index (χ4v) is 1.49. The maximum absolute atomic E-state index is 11.2. The van der Waals surface area contributed by atoms with Crippen molar-refractivity contribution in [3.8, 4) is 0 Å². The van der Waals surface area contributed by atoms with Gasteiger partial charge in [-0.1, -0.05) is 0 Å². The molecule has 0 aliphatic rings. The van der Waals surface area contributed by atoms with Crippen LogP contribution in [0, 0.1) is 0 Å². The predicted octanol–water partition coefficient (Wildman–Crippen LogP) is -1.46. The zero-order chi connectivity index (χ0) is 13.5. The van der Waals surface area contributed by atoms with Gasteiger partial charge in [-0.15, -0.1) is 0 Å². The third-order valence-electron chi connectivity index (χ3n) is 1.52. The minimum atomic E-state index is -4.42. The molecule has 17 heavy (non-hydrogen) atoms. The maximum Gasteiger partial charge on any atom is 0.472 e. The lowest BCUT2D eigenvalue weighted by Crippen LogP contribution is -2.34. The molecule has 0 bridgehead atoms. The molecule has 0 radical (unpaired) electrons. The second-order valence-corrected chi connectivity index (χ2v) is 4.57. The third-order valence-corrected chi connectivity index (χ3v) is 2.47. The van der Waals surface area contributed by atoms with Gasteiger partial charge in [0.25, 0.3) is 0 Å². The van der Waals surface area contributed by atoms with Crippen molar-refractivity contribution in [2.24, 2.45) is 5.73 Å². The second kappa shape index (κ2) is 7.72. The summed E-state index contributed by atoms with van der Waals surface area (Å²) in [7, 11) is -3.09. The summed E-state index contributed by atoms with van der Waals surface area (Å²) in [6, 6.07) is -1.43. The van der Waals surface area contributed by atoms with Crippen LogP contribution in [-0.4, -0.2) is 60.2 Å². The number of hydrogen-bond donors (Lipinski definition) is 4. The van der Waals surface area contributed by atoms with Crippen LogP contribution in [0.5, 0.6) is 0 Å². The fourth-order valence-electron chi connectivity index (χ4n) is 0.704. The number of hydrogen-bond acceptors (Lipinski definition) is 7. The molecular weight excluding hydrogens is 257 g/mol. The van der Waals surface area contributed by atoms with E-state index < -0.39 is 39.2 Å². The highest BCUT2D eigenvalue weighted by Crippen LogP contribution is 2.43. The van der Waals surface area contributed by atoms with Crippen LogP contribution in [0.4, 0.5) is 0 Å². The van der Waals surface area contributed by atoms with Gasteiger partial charge in [0.2, 0.25) is 0 Å². The van der Waals surface area contributed by atoms with Crippen LogP contribution >= 0.6 is 7.82 Å². The number of phosphoric acid groups is 1. The van der Waals surface area contributed by atoms with Crippen LogP contribution in [0.2, 0.25) is 0 Å². The van der Waals surface area contributed by atoms with Gasteiger partial charge < -0.3 is 25.6 Å². The summed E-state index contributed by atoms with van der Waals surface area (Å²) in [5.74, 6) is -1.37. The standard InChI is InChI=1S/C7H16NO8P/c1-14-2-5(9)3-15-17(12,13)16-4-6(8)7(10)11/h5-6,9H,2-4,8H2,1H3,(H,10,11)(H,12,13). The summed E-state index contributed by atoms with van der Waals surface area (Å²) in [4.78, 5) is 19.4. The van der Waals surface area contributed by atoms with Crippen molar-refractivity contribution in [3.05, 3.63) is 0 Å². The Labute approximate surface area is 97.7 Å². The number of methoxy groups -OCH3 is 1. The normalized spacial score (nSPS) is 18.4. The molecule has 3 atom stereocenters. The van der Waals surface area contributed by atoms with E-state index in [1.54, 1.807) is 0 Å². The number of aliphatic hydroxyl groups is 1. The largest absolute Gasteiger partial charge is 0.480 e. The van der Waals surface area contributed by atoms with Crippen molar-refractivity contribution in [2.45, 2.75) is 12.1 Å². The molecule has 102 valence electrons. The molecule has 0 heterocycles. The molecule has 0 rings (SSSR count). The number of carbonyl (C=O) groups is 1. The van der Waals surface area contributed by atoms with Crippen molar-refractivity contribution in [3.63, 3.8) is 0 Å². The van der Waals surface area contributed by atoms with Crippen molar-refractivity contribution in [1.82, 2.24) is 0 Å². The second-order valence-electron chi connectivity index (χ2n) is 3.11. The molecule has 0 saturated heterocycles. The quantitative estimate of drug-likeness (QED) is 0.369. The Morgan fingerprint density at radius 2 is 1.88 bits per heavy atom. The Morgan fingerprint density at radius 1 is 1.35 bits per heavy atom. The summed E-state index contributed by atoms with van der Waals surface area (Å²) in [6.07, 6.45) is -1.09. The number of carboxylic acids is 1. The van der Waals surface area contributed by atoms with Crippen molar-refractivity contribution in [1.29, 1.82) is 0 Å². The van der Waals surface area contributed by atoms with Crippen molar-refractivity contribution < 1.29 is 38.3 Å². The lowest BCUT2D eigenvalue weighted by molar-refractivity contribution is -0.139. The first kappa shape index (κ1) is 16.5. The fraction of sp³-hybridized carbons (Fsp3) is 0.857. The molecule has 5 N–H and O–H groups in total. The summed E-state index contributed by atoms with van der Waals surface area (Å²) >= 11 is 0. The summed E-state index contributed by atoms with van der Waals surface area (Å²) in [5, 5.41) is 17.5. The molecule has 0 aliphatic heterocycles. The molecule has 10 heteroatoms. The number of nitrogens with two attached hydrogens (primary N) is 1. The smallest absolute Gasteiger partial charge is 0.472 e. The van der Waals surface area contributed by atoms with Crippen LogP contribution in [-0.2, 0) is 23.1 Å². The van der Waals surface area contributed by atoms with Crippen LogP contribution in [0.1, 0.15) is 0 Å². The van der Waals surface area contributed by atoms with E-state index in [0.717, 1.165) is 0 Å². The number of phosphoric ester groups is 1. The summed E-state index contributed by atoms with van der Waals surface area (Å²) in [6.45, 7) is -1.23. The zero-order valence-electron chi connectivity index (χ0n) is 9.18. The molecule has 0 amide bonds. The van der Waals surface area contributed by atoms with Gasteiger partial charge in [-0.05, 0) is 0 Å². The maximum atomic E-state index is 11.2. The molecule has 3 unspecified atom stereocenters. The van der Waals surface area contributed by atoms with Crippen LogP contribution < -0.4 is 5.73 Å². The van der Waals surface area contributed by atoms with Gasteiger partial charge in [-0.25, -0.2) is 4.57 Å². The summed E-state index contributed by atoms with van der Waals surface area (Å²) < 4.78 is 24.4. The average molecular weight is 273 g/mol. The topological polar surface area (TPSA) is 149 Å². The van der Waals surface area contributed by atoms with Gasteiger partial charge in [0, 0.05) is 7.11 Å². The van der Waals surface area contributed by atoms with E-state index in [9.17, 15) is 9.36 Å². The van der Waals surface area contributed by atoms with Gasteiger partial charge in [-0.2, -0.15) is 0 Å². The Morgan fingerprint density at radius 3 is 2.35 bits per heavy atom. The first-order valence-corrected chi connectivity index (χ1v) is 6.05. The van der Waals surface area contributed by atoms with Crippen LogP contribution in [0.25, 0.3) is 0 Å². The molecule has 0 fully saturated rings. The van der Waals surface area contributed by atoms with E-state index in [4.69, 9.17) is 20.8 Å². The molecule has 0 saturated carbocycles. The van der Waals surface area contributed by atoms with E-state index in [2.05, 4.69) is 13.8 Å². The number of rotatable bonds is 9. The Kier molecular flexibility index (Phi) is 7.48. The average Bonchev–Trinajstić information content (AvgIpc) is 2.24. The first-order valence-electron chi connectivity index (χ1n) is 4.55. The molecule has 0 aromatic rings. The Hall–Kier alpha value is -0.540. The van der Waals surface area contributed by atoms with Crippen molar-refractivity contribution in [2.75, 3.05) is 26.9 Å². The highest BCUT2D eigenvalue weighted by molar-refractivity contribution is 7.47. The van der Waals surface area contributed by atoms with Gasteiger partial charge in [0.15, 0.2) is 0 Å². The number of carboxylic acid groups (broad SMARTS) is 1. The minimum Gasteiger partial charge on any atom is -0.480 e. The first-order chi connectivity index (χ1) is 7.78. The zero-order valence-corrected chi connectivity index (χ0v) is 10.1. The highest BCUT2D eigenvalue weighted by atomic mass is 31.2. The molecule has 9 nitrogen and oxygen atoms in total. The molecule has 0 spiro atoms. The Bertz CT molecular complexity index is 285. The van der Waals surface area contributed by atoms with E-state index in [0.29, 0.717) is 0 Å². The number of aliphatic carboxylic acids is 1. The van der Waals surface area contributed by atoms with Gasteiger partial charge in [0.1, 0.15) is 12.1 Å². The SMILES string of the molecule is COCC(O)COP(=O)(O)OCC(N)C(=O)O. The highest BCUT2D eigenvalue weighted by Gasteiger charge is 2.25. The summed E-state index contributed by atoms with van der Waals surface area (Å²) in [5.41, 5.74) is 5.05. The van der Waals surface area contributed by atoms with Gasteiger partial charge in [0.05, 0.1) is 19.8 Å². The lowest BCUT2D eigenvalue weighted by atomic mass is 10.3. The molecule has 0 aromatic heterocycles. The number of aliphatic hydroxyl groups excluding tert-OH is 1. The van der Waals surface area contributed by atoms with E-state index >= 15 is 0 Å². The lowest BCUT2D eigenvalue weighted by Gasteiger charge is -2.15. The van der Waals surface area contributed by atoms with Crippen LogP contribution in [0.3, 0.4) is 0 Å². The van der Waals surface area contributed by atoms with Gasteiger partial charge >= 0.3 is 13.8 Å². The third kappa shape index (κ3) is 8.22. The number of ether oxygens (including phenoxy) is 1. The van der Waals surface area contributed by atoms with E-state index in [1.165, 1.54) is 7.11 Å². The van der Waals surface area contributed by atoms with Crippen molar-refractivity contribution >= 4 is 13.8 Å². The van der Waals surface area contributed by atoms with Gasteiger partial charge in [-0.3, -0.25) is 13.8 Å². The Balaban J connectivity index is 3.95. The molecule has 0 aliphatic carbocycles. The minimum absolute atomic E-state index is 0.0748. The predicted molar refractivity (Wildman–Crippen MR) is 55.2 cm³/mol. The van der Waals surface area contributed by atoms with E-state index in [-0.39, 0.29) is 6.61 Å².